The SMILES string of the molecule is CC1CN(C(=O)c2sccc2-n2cccc2)CCC1O. The molecule has 2 atom stereocenters. The molecule has 0 bridgehead atoms. The van der Waals surface area contributed by atoms with E-state index in [0.717, 1.165) is 10.6 Å². The molecule has 0 saturated carbocycles. The molecule has 106 valence electrons. The lowest BCUT2D eigenvalue weighted by Gasteiger charge is -2.34. The lowest BCUT2D eigenvalue weighted by molar-refractivity contribution is 0.0300. The zero-order valence-corrected chi connectivity index (χ0v) is 12.2. The third-order valence-electron chi connectivity index (χ3n) is 3.87. The molecule has 1 saturated heterocycles. The number of hydrogen-bond acceptors (Lipinski definition) is 3. The minimum atomic E-state index is -0.286. The average Bonchev–Trinajstić information content (AvgIpc) is 3.10. The molecule has 1 aliphatic heterocycles. The molecule has 4 nitrogen and oxygen atoms in total. The van der Waals surface area contributed by atoms with Crippen molar-refractivity contribution in [2.75, 3.05) is 13.1 Å². The fourth-order valence-corrected chi connectivity index (χ4v) is 3.48. The quantitative estimate of drug-likeness (QED) is 0.923. The molecule has 1 fully saturated rings. The summed E-state index contributed by atoms with van der Waals surface area (Å²) in [5.74, 6) is 0.213. The van der Waals surface area contributed by atoms with E-state index in [1.165, 1.54) is 11.3 Å². The maximum atomic E-state index is 12.7. The van der Waals surface area contributed by atoms with E-state index in [-0.39, 0.29) is 17.9 Å². The Hall–Kier alpha value is -1.59. The van der Waals surface area contributed by atoms with Crippen LogP contribution >= 0.6 is 11.3 Å². The monoisotopic (exact) mass is 290 g/mol. The first kappa shape index (κ1) is 13.4. The fourth-order valence-electron chi connectivity index (χ4n) is 2.62. The minimum absolute atomic E-state index is 0.0717. The molecule has 20 heavy (non-hydrogen) atoms. The molecule has 0 aromatic carbocycles. The van der Waals surface area contributed by atoms with Crippen LogP contribution in [0.3, 0.4) is 0 Å². The van der Waals surface area contributed by atoms with Crippen LogP contribution in [0.15, 0.2) is 36.0 Å². The van der Waals surface area contributed by atoms with Crippen molar-refractivity contribution in [3.05, 3.63) is 40.8 Å². The Kier molecular flexibility index (Phi) is 3.63. The van der Waals surface area contributed by atoms with Crippen LogP contribution in [0, 0.1) is 5.92 Å². The van der Waals surface area contributed by atoms with Crippen LogP contribution < -0.4 is 0 Å². The number of nitrogens with zero attached hydrogens (tertiary/aromatic N) is 2. The van der Waals surface area contributed by atoms with Crippen molar-refractivity contribution >= 4 is 17.2 Å². The Morgan fingerprint density at radius 3 is 2.85 bits per heavy atom. The summed E-state index contributed by atoms with van der Waals surface area (Å²) in [5.41, 5.74) is 0.934. The molecular formula is C15H18N2O2S. The Labute approximate surface area is 122 Å². The van der Waals surface area contributed by atoms with Gasteiger partial charge in [0, 0.05) is 25.5 Å². The Bertz CT molecular complexity index is 591. The van der Waals surface area contributed by atoms with Gasteiger partial charge in [0.05, 0.1) is 11.8 Å². The number of rotatable bonds is 2. The summed E-state index contributed by atoms with van der Waals surface area (Å²) in [6, 6.07) is 5.87. The fraction of sp³-hybridized carbons (Fsp3) is 0.400. The van der Waals surface area contributed by atoms with E-state index in [1.54, 1.807) is 0 Å². The topological polar surface area (TPSA) is 45.5 Å². The minimum Gasteiger partial charge on any atom is -0.393 e. The molecular weight excluding hydrogens is 272 g/mol. The van der Waals surface area contributed by atoms with Crippen LogP contribution in [-0.4, -0.2) is 39.7 Å². The number of hydrogen-bond donors (Lipinski definition) is 1. The highest BCUT2D eigenvalue weighted by atomic mass is 32.1. The number of carbonyl (C=O) groups excluding carboxylic acids is 1. The van der Waals surface area contributed by atoms with Crippen LogP contribution in [0.25, 0.3) is 5.69 Å². The van der Waals surface area contributed by atoms with Gasteiger partial charge < -0.3 is 14.6 Å². The smallest absolute Gasteiger partial charge is 0.266 e. The van der Waals surface area contributed by atoms with Crippen LogP contribution in [-0.2, 0) is 0 Å². The zero-order chi connectivity index (χ0) is 14.1. The number of piperidine rings is 1. The van der Waals surface area contributed by atoms with Crippen LogP contribution in [0.1, 0.15) is 23.0 Å². The first-order valence-electron chi connectivity index (χ1n) is 6.85. The number of carbonyl (C=O) groups is 1. The van der Waals surface area contributed by atoms with E-state index in [1.807, 2.05) is 52.4 Å². The van der Waals surface area contributed by atoms with Crippen molar-refractivity contribution in [1.82, 2.24) is 9.47 Å². The zero-order valence-electron chi connectivity index (χ0n) is 11.4. The molecule has 3 rings (SSSR count). The maximum absolute atomic E-state index is 12.7. The van der Waals surface area contributed by atoms with Gasteiger partial charge in [-0.25, -0.2) is 0 Å². The summed E-state index contributed by atoms with van der Waals surface area (Å²) in [5, 5.41) is 11.7. The Morgan fingerprint density at radius 2 is 2.15 bits per heavy atom. The second-order valence-electron chi connectivity index (χ2n) is 5.31. The van der Waals surface area contributed by atoms with Gasteiger partial charge in [-0.15, -0.1) is 11.3 Å². The van der Waals surface area contributed by atoms with Crippen molar-refractivity contribution in [2.24, 2.45) is 5.92 Å². The van der Waals surface area contributed by atoms with Gasteiger partial charge in [-0.05, 0) is 35.9 Å². The van der Waals surface area contributed by atoms with Crippen molar-refractivity contribution in [3.8, 4) is 5.69 Å². The molecule has 1 amide bonds. The van der Waals surface area contributed by atoms with E-state index < -0.39 is 0 Å². The van der Waals surface area contributed by atoms with Crippen molar-refractivity contribution in [3.63, 3.8) is 0 Å². The van der Waals surface area contributed by atoms with Crippen molar-refractivity contribution in [2.45, 2.75) is 19.4 Å². The van der Waals surface area contributed by atoms with E-state index in [9.17, 15) is 9.90 Å². The number of likely N-dealkylation sites (tertiary alicyclic amines) is 1. The number of thiophene rings is 1. The molecule has 0 radical (unpaired) electrons. The Morgan fingerprint density at radius 1 is 1.40 bits per heavy atom. The lowest BCUT2D eigenvalue weighted by Crippen LogP contribution is -2.44. The molecule has 2 aromatic heterocycles. The van der Waals surface area contributed by atoms with Gasteiger partial charge in [0.2, 0.25) is 0 Å². The van der Waals surface area contributed by atoms with E-state index in [0.29, 0.717) is 19.5 Å². The maximum Gasteiger partial charge on any atom is 0.266 e. The van der Waals surface area contributed by atoms with Crippen molar-refractivity contribution in [1.29, 1.82) is 0 Å². The predicted octanol–water partition coefficient (Wildman–Crippen LogP) is 2.38. The summed E-state index contributed by atoms with van der Waals surface area (Å²) in [7, 11) is 0. The third kappa shape index (κ3) is 2.39. The summed E-state index contributed by atoms with van der Waals surface area (Å²) >= 11 is 1.48. The van der Waals surface area contributed by atoms with E-state index in [4.69, 9.17) is 0 Å². The molecule has 5 heteroatoms. The first-order chi connectivity index (χ1) is 9.66. The van der Waals surface area contributed by atoms with E-state index in [2.05, 4.69) is 0 Å². The number of aromatic nitrogens is 1. The molecule has 0 spiro atoms. The van der Waals surface area contributed by atoms with Gasteiger partial charge in [-0.1, -0.05) is 6.92 Å². The van der Waals surface area contributed by atoms with Gasteiger partial charge in [0.1, 0.15) is 4.88 Å². The van der Waals surface area contributed by atoms with Crippen molar-refractivity contribution < 1.29 is 9.90 Å². The molecule has 0 aliphatic carbocycles. The largest absolute Gasteiger partial charge is 0.393 e. The van der Waals surface area contributed by atoms with Gasteiger partial charge in [-0.3, -0.25) is 4.79 Å². The predicted molar refractivity (Wildman–Crippen MR) is 79.3 cm³/mol. The van der Waals surface area contributed by atoms with E-state index >= 15 is 0 Å². The van der Waals surface area contributed by atoms with Gasteiger partial charge in [-0.2, -0.15) is 0 Å². The third-order valence-corrected chi connectivity index (χ3v) is 4.76. The molecule has 1 aliphatic rings. The molecule has 2 unspecified atom stereocenters. The standard InChI is InChI=1S/C15H18N2O2S/c1-11-10-17(8-4-13(11)18)15(19)14-12(5-9-20-14)16-6-2-3-7-16/h2-3,5-7,9,11,13,18H,4,8,10H2,1H3. The molecule has 3 heterocycles. The molecule has 1 N–H and O–H groups in total. The van der Waals surface area contributed by atoms with Crippen LogP contribution in [0.5, 0.6) is 0 Å². The highest BCUT2D eigenvalue weighted by molar-refractivity contribution is 7.12. The Balaban J connectivity index is 1.83. The average molecular weight is 290 g/mol. The second-order valence-corrected chi connectivity index (χ2v) is 6.23. The highest BCUT2D eigenvalue weighted by Crippen LogP contribution is 2.25. The number of aliphatic hydroxyl groups is 1. The summed E-state index contributed by atoms with van der Waals surface area (Å²) in [4.78, 5) is 15.3. The molecule has 2 aromatic rings. The van der Waals surface area contributed by atoms with Crippen LogP contribution in [0.4, 0.5) is 0 Å². The van der Waals surface area contributed by atoms with Crippen LogP contribution in [0.2, 0.25) is 0 Å². The van der Waals surface area contributed by atoms with Gasteiger partial charge >= 0.3 is 0 Å². The normalized spacial score (nSPS) is 23.0. The number of aliphatic hydroxyl groups excluding tert-OH is 1. The summed E-state index contributed by atoms with van der Waals surface area (Å²) < 4.78 is 1.96. The van der Waals surface area contributed by atoms with Gasteiger partial charge in [0.15, 0.2) is 0 Å². The van der Waals surface area contributed by atoms with Gasteiger partial charge in [0.25, 0.3) is 5.91 Å². The summed E-state index contributed by atoms with van der Waals surface area (Å²) in [6.07, 6.45) is 4.27. The highest BCUT2D eigenvalue weighted by Gasteiger charge is 2.29. The first-order valence-corrected chi connectivity index (χ1v) is 7.73. The lowest BCUT2D eigenvalue weighted by atomic mass is 9.96. The number of amides is 1. The summed E-state index contributed by atoms with van der Waals surface area (Å²) in [6.45, 7) is 3.25. The second kappa shape index (κ2) is 5.42.